The van der Waals surface area contributed by atoms with Gasteiger partial charge in [0.15, 0.2) is 5.58 Å². The number of oxazole rings is 1. The van der Waals surface area contributed by atoms with Crippen molar-refractivity contribution in [2.24, 2.45) is 0 Å². The van der Waals surface area contributed by atoms with E-state index in [9.17, 15) is 9.59 Å². The highest BCUT2D eigenvalue weighted by Crippen LogP contribution is 2.19. The Labute approximate surface area is 141 Å². The summed E-state index contributed by atoms with van der Waals surface area (Å²) in [5, 5.41) is 2.79. The smallest absolute Gasteiger partial charge is 0.408 e. The first kappa shape index (κ1) is 15.1. The lowest BCUT2D eigenvalue weighted by atomic mass is 10.1. The van der Waals surface area contributed by atoms with Gasteiger partial charge in [0.25, 0.3) is 5.91 Å². The summed E-state index contributed by atoms with van der Waals surface area (Å²) in [4.78, 5) is 35.2. The summed E-state index contributed by atoms with van der Waals surface area (Å²) < 4.78 is 5.00. The molecule has 0 bridgehead atoms. The van der Waals surface area contributed by atoms with E-state index in [1.807, 2.05) is 13.8 Å². The van der Waals surface area contributed by atoms with E-state index in [1.165, 1.54) is 0 Å². The number of H-pyrrole nitrogens is 1. The zero-order chi connectivity index (χ0) is 17.6. The number of aromatic amines is 1. The van der Waals surface area contributed by atoms with Gasteiger partial charge in [-0.3, -0.25) is 9.78 Å². The molecule has 0 fully saturated rings. The van der Waals surface area contributed by atoms with E-state index in [0.29, 0.717) is 27.9 Å². The molecule has 0 aliphatic rings. The van der Waals surface area contributed by atoms with Gasteiger partial charge in [-0.2, -0.15) is 0 Å². The predicted octanol–water partition coefficient (Wildman–Crippen LogP) is 2.93. The van der Waals surface area contributed by atoms with Crippen molar-refractivity contribution < 1.29 is 9.21 Å². The second-order valence-corrected chi connectivity index (χ2v) is 5.78. The van der Waals surface area contributed by atoms with Gasteiger partial charge in [-0.1, -0.05) is 0 Å². The molecule has 2 aromatic carbocycles. The Kier molecular flexibility index (Phi) is 3.35. The minimum Gasteiger partial charge on any atom is -0.408 e. The number of amides is 1. The zero-order valence-electron chi connectivity index (χ0n) is 13.6. The highest BCUT2D eigenvalue weighted by atomic mass is 16.4. The lowest BCUT2D eigenvalue weighted by Crippen LogP contribution is -2.12. The highest BCUT2D eigenvalue weighted by Gasteiger charge is 2.10. The molecule has 0 saturated carbocycles. The van der Waals surface area contributed by atoms with Crippen LogP contribution >= 0.6 is 0 Å². The molecule has 0 unspecified atom stereocenters. The molecule has 0 spiro atoms. The standard InChI is InChI=1S/C18H14N4O3/c1-9-10(2)20-15-7-11(3-5-13(15)19-9)17(23)21-12-4-6-14-16(8-12)25-18(24)22-14/h3-8H,1-2H3,(H,21,23)(H,22,24). The maximum atomic E-state index is 12.5. The van der Waals surface area contributed by atoms with E-state index in [1.54, 1.807) is 36.4 Å². The van der Waals surface area contributed by atoms with Gasteiger partial charge >= 0.3 is 5.76 Å². The van der Waals surface area contributed by atoms with Gasteiger partial charge in [0, 0.05) is 17.3 Å². The summed E-state index contributed by atoms with van der Waals surface area (Å²) in [5.41, 5.74) is 5.09. The number of carbonyl (C=O) groups is 1. The molecule has 2 aromatic heterocycles. The monoisotopic (exact) mass is 334 g/mol. The van der Waals surface area contributed by atoms with Crippen molar-refractivity contribution in [1.29, 1.82) is 0 Å². The lowest BCUT2D eigenvalue weighted by molar-refractivity contribution is 0.102. The molecule has 1 amide bonds. The first-order valence-electron chi connectivity index (χ1n) is 7.69. The number of nitrogens with zero attached hydrogens (tertiary/aromatic N) is 2. The molecule has 0 aliphatic heterocycles. The average Bonchev–Trinajstić information content (AvgIpc) is 2.94. The average molecular weight is 334 g/mol. The van der Waals surface area contributed by atoms with E-state index >= 15 is 0 Å². The van der Waals surface area contributed by atoms with Crippen LogP contribution in [0.4, 0.5) is 5.69 Å². The van der Waals surface area contributed by atoms with Crippen LogP contribution in [0, 0.1) is 13.8 Å². The van der Waals surface area contributed by atoms with Gasteiger partial charge < -0.3 is 9.73 Å². The molecule has 25 heavy (non-hydrogen) atoms. The van der Waals surface area contributed by atoms with Crippen molar-refractivity contribution >= 4 is 33.7 Å². The molecule has 0 atom stereocenters. The number of anilines is 1. The Morgan fingerprint density at radius 1 is 1.04 bits per heavy atom. The van der Waals surface area contributed by atoms with Gasteiger partial charge in [0.1, 0.15) is 0 Å². The number of hydrogen-bond acceptors (Lipinski definition) is 5. The first-order valence-corrected chi connectivity index (χ1v) is 7.69. The Balaban J connectivity index is 1.66. The van der Waals surface area contributed by atoms with Crippen LogP contribution in [0.2, 0.25) is 0 Å². The fourth-order valence-corrected chi connectivity index (χ4v) is 2.60. The maximum Gasteiger partial charge on any atom is 0.417 e. The van der Waals surface area contributed by atoms with Crippen molar-refractivity contribution in [2.45, 2.75) is 13.8 Å². The van der Waals surface area contributed by atoms with Crippen molar-refractivity contribution in [3.8, 4) is 0 Å². The summed E-state index contributed by atoms with van der Waals surface area (Å²) in [6, 6.07) is 10.2. The van der Waals surface area contributed by atoms with Crippen LogP contribution in [-0.2, 0) is 0 Å². The fraction of sp³-hybridized carbons (Fsp3) is 0.111. The summed E-state index contributed by atoms with van der Waals surface area (Å²) in [6.07, 6.45) is 0. The zero-order valence-corrected chi connectivity index (χ0v) is 13.6. The van der Waals surface area contributed by atoms with Crippen molar-refractivity contribution in [3.05, 3.63) is 63.9 Å². The van der Waals surface area contributed by atoms with Crippen LogP contribution < -0.4 is 11.1 Å². The van der Waals surface area contributed by atoms with Gasteiger partial charge in [0.05, 0.1) is 27.9 Å². The molecule has 7 nitrogen and oxygen atoms in total. The lowest BCUT2D eigenvalue weighted by Gasteiger charge is -2.07. The summed E-state index contributed by atoms with van der Waals surface area (Å²) >= 11 is 0. The van der Waals surface area contributed by atoms with Crippen LogP contribution in [0.5, 0.6) is 0 Å². The van der Waals surface area contributed by atoms with Crippen LogP contribution in [0.15, 0.2) is 45.6 Å². The van der Waals surface area contributed by atoms with Crippen molar-refractivity contribution in [1.82, 2.24) is 15.0 Å². The van der Waals surface area contributed by atoms with E-state index in [2.05, 4.69) is 20.3 Å². The molecule has 4 rings (SSSR count). The Bertz CT molecular complexity index is 1190. The number of fused-ring (bicyclic) bond motifs is 2. The third kappa shape index (κ3) is 2.76. The van der Waals surface area contributed by atoms with Crippen molar-refractivity contribution in [3.63, 3.8) is 0 Å². The third-order valence-corrected chi connectivity index (χ3v) is 4.02. The molecule has 2 heterocycles. The molecule has 0 saturated heterocycles. The van der Waals surface area contributed by atoms with E-state index in [4.69, 9.17) is 4.42 Å². The number of carbonyl (C=O) groups excluding carboxylic acids is 1. The summed E-state index contributed by atoms with van der Waals surface area (Å²) in [6.45, 7) is 3.78. The van der Waals surface area contributed by atoms with E-state index in [0.717, 1.165) is 16.9 Å². The highest BCUT2D eigenvalue weighted by molar-refractivity contribution is 6.06. The molecule has 7 heteroatoms. The number of benzene rings is 2. The maximum absolute atomic E-state index is 12.5. The molecular formula is C18H14N4O3. The van der Waals surface area contributed by atoms with Gasteiger partial charge in [0.2, 0.25) is 0 Å². The number of aromatic nitrogens is 3. The fourth-order valence-electron chi connectivity index (χ4n) is 2.60. The number of aryl methyl sites for hydroxylation is 2. The van der Waals surface area contributed by atoms with Crippen LogP contribution in [-0.4, -0.2) is 20.9 Å². The van der Waals surface area contributed by atoms with Crippen LogP contribution in [0.3, 0.4) is 0 Å². The quantitative estimate of drug-likeness (QED) is 0.587. The normalized spacial score (nSPS) is 11.1. The number of rotatable bonds is 2. The second kappa shape index (κ2) is 5.55. The molecule has 124 valence electrons. The van der Waals surface area contributed by atoms with Gasteiger partial charge in [-0.15, -0.1) is 0 Å². The Morgan fingerprint density at radius 3 is 2.60 bits per heavy atom. The molecule has 0 aliphatic carbocycles. The summed E-state index contributed by atoms with van der Waals surface area (Å²) in [7, 11) is 0. The van der Waals surface area contributed by atoms with Crippen molar-refractivity contribution in [2.75, 3.05) is 5.32 Å². The Morgan fingerprint density at radius 2 is 1.80 bits per heavy atom. The van der Waals surface area contributed by atoms with Gasteiger partial charge in [-0.25, -0.2) is 14.8 Å². The second-order valence-electron chi connectivity index (χ2n) is 5.78. The molecular weight excluding hydrogens is 320 g/mol. The van der Waals surface area contributed by atoms with Crippen LogP contribution in [0.1, 0.15) is 21.7 Å². The van der Waals surface area contributed by atoms with Gasteiger partial charge in [-0.05, 0) is 44.2 Å². The first-order chi connectivity index (χ1) is 12.0. The topological polar surface area (TPSA) is 101 Å². The Hall–Kier alpha value is -3.48. The minimum absolute atomic E-state index is 0.279. The van der Waals surface area contributed by atoms with E-state index in [-0.39, 0.29) is 5.91 Å². The third-order valence-electron chi connectivity index (χ3n) is 4.02. The minimum atomic E-state index is -0.530. The largest absolute Gasteiger partial charge is 0.417 e. The summed E-state index contributed by atoms with van der Waals surface area (Å²) in [5.74, 6) is -0.809. The van der Waals surface area contributed by atoms with E-state index < -0.39 is 5.76 Å². The predicted molar refractivity (Wildman–Crippen MR) is 93.8 cm³/mol. The number of nitrogens with one attached hydrogen (secondary N) is 2. The number of hydrogen-bond donors (Lipinski definition) is 2. The van der Waals surface area contributed by atoms with Crippen LogP contribution in [0.25, 0.3) is 22.1 Å². The SMILES string of the molecule is Cc1nc2ccc(C(=O)Nc3ccc4[nH]c(=O)oc4c3)cc2nc1C. The molecule has 2 N–H and O–H groups in total. The molecule has 0 radical (unpaired) electrons. The molecule has 4 aromatic rings.